The molecular weight excluding hydrogens is 176 g/mol. The van der Waals surface area contributed by atoms with Gasteiger partial charge in [0.2, 0.25) is 5.91 Å². The van der Waals surface area contributed by atoms with Crippen LogP contribution in [-0.4, -0.2) is 23.9 Å². The van der Waals surface area contributed by atoms with Gasteiger partial charge in [-0.15, -0.1) is 0 Å². The summed E-state index contributed by atoms with van der Waals surface area (Å²) in [5.74, 6) is 0.162. The third-order valence-electron chi connectivity index (χ3n) is 2.35. The summed E-state index contributed by atoms with van der Waals surface area (Å²) in [5, 5.41) is 8.70. The van der Waals surface area contributed by atoms with Crippen LogP contribution < -0.4 is 0 Å². The number of amides is 1. The van der Waals surface area contributed by atoms with Gasteiger partial charge in [-0.3, -0.25) is 4.79 Å². The molecule has 0 aromatic heterocycles. The van der Waals surface area contributed by atoms with Gasteiger partial charge in [0.05, 0.1) is 12.0 Å². The molecular formula is C11H17N2O. The fourth-order valence-electron chi connectivity index (χ4n) is 1.61. The molecule has 0 aromatic rings. The van der Waals surface area contributed by atoms with Gasteiger partial charge in [0, 0.05) is 19.5 Å². The first-order chi connectivity index (χ1) is 6.42. The predicted molar refractivity (Wildman–Crippen MR) is 54.1 cm³/mol. The van der Waals surface area contributed by atoms with E-state index in [1.54, 1.807) is 4.90 Å². The summed E-state index contributed by atoms with van der Waals surface area (Å²) in [5.41, 5.74) is -0.207. The Bertz CT molecular complexity index is 259. The van der Waals surface area contributed by atoms with Crippen molar-refractivity contribution < 1.29 is 4.79 Å². The molecule has 77 valence electrons. The van der Waals surface area contributed by atoms with Crippen molar-refractivity contribution in [2.75, 3.05) is 13.1 Å². The van der Waals surface area contributed by atoms with Gasteiger partial charge >= 0.3 is 0 Å². The lowest BCUT2D eigenvalue weighted by molar-refractivity contribution is -0.131. The quantitative estimate of drug-likeness (QED) is 0.668. The average molecular weight is 193 g/mol. The molecule has 1 aliphatic rings. The topological polar surface area (TPSA) is 44.1 Å². The largest absolute Gasteiger partial charge is 0.341 e. The van der Waals surface area contributed by atoms with Crippen LogP contribution in [0.3, 0.4) is 0 Å². The van der Waals surface area contributed by atoms with Gasteiger partial charge in [-0.05, 0) is 18.8 Å². The van der Waals surface area contributed by atoms with E-state index in [9.17, 15) is 4.79 Å². The zero-order chi connectivity index (χ0) is 10.8. The van der Waals surface area contributed by atoms with Crippen molar-refractivity contribution in [1.82, 2.24) is 4.90 Å². The van der Waals surface area contributed by atoms with Crippen LogP contribution in [0, 0.1) is 29.6 Å². The molecule has 0 spiro atoms. The Kier molecular flexibility index (Phi) is 3.15. The molecule has 3 heteroatoms. The SMILES string of the molecule is [CH2]C(C)(C)CC(=O)N1CC[C@H](C#N)C1. The summed E-state index contributed by atoms with van der Waals surface area (Å²) in [7, 11) is 0. The molecule has 0 N–H and O–H groups in total. The molecule has 1 saturated heterocycles. The lowest BCUT2D eigenvalue weighted by atomic mass is 9.92. The van der Waals surface area contributed by atoms with E-state index in [1.165, 1.54) is 0 Å². The monoisotopic (exact) mass is 193 g/mol. The molecule has 1 rings (SSSR count). The molecule has 1 atom stereocenters. The number of likely N-dealkylation sites (tertiary alicyclic amines) is 1. The minimum absolute atomic E-state index is 0.0341. The molecule has 0 aliphatic carbocycles. The molecule has 0 saturated carbocycles. The number of carbonyl (C=O) groups excluding carboxylic acids is 1. The molecule has 1 amide bonds. The molecule has 3 nitrogen and oxygen atoms in total. The van der Waals surface area contributed by atoms with E-state index < -0.39 is 0 Å². The van der Waals surface area contributed by atoms with E-state index in [4.69, 9.17) is 5.26 Å². The van der Waals surface area contributed by atoms with Crippen molar-refractivity contribution in [2.24, 2.45) is 11.3 Å². The Hall–Kier alpha value is -1.04. The van der Waals surface area contributed by atoms with Gasteiger partial charge in [-0.25, -0.2) is 0 Å². The van der Waals surface area contributed by atoms with Crippen LogP contribution >= 0.6 is 0 Å². The summed E-state index contributed by atoms with van der Waals surface area (Å²) < 4.78 is 0. The van der Waals surface area contributed by atoms with E-state index >= 15 is 0 Å². The highest BCUT2D eigenvalue weighted by atomic mass is 16.2. The first-order valence-corrected chi connectivity index (χ1v) is 4.95. The Morgan fingerprint density at radius 3 is 2.79 bits per heavy atom. The van der Waals surface area contributed by atoms with Crippen molar-refractivity contribution in [3.63, 3.8) is 0 Å². The molecule has 1 heterocycles. The van der Waals surface area contributed by atoms with Crippen molar-refractivity contribution in [3.8, 4) is 6.07 Å². The van der Waals surface area contributed by atoms with Crippen LogP contribution in [0.5, 0.6) is 0 Å². The molecule has 1 aliphatic heterocycles. The van der Waals surface area contributed by atoms with Gasteiger partial charge in [0.1, 0.15) is 0 Å². The number of rotatable bonds is 2. The van der Waals surface area contributed by atoms with E-state index in [-0.39, 0.29) is 17.2 Å². The molecule has 14 heavy (non-hydrogen) atoms. The smallest absolute Gasteiger partial charge is 0.223 e. The number of nitrogens with zero attached hydrogens (tertiary/aromatic N) is 2. The highest BCUT2D eigenvalue weighted by Crippen LogP contribution is 2.22. The zero-order valence-electron chi connectivity index (χ0n) is 8.92. The minimum Gasteiger partial charge on any atom is -0.341 e. The standard InChI is InChI=1S/C11H17N2O/c1-11(2,3)6-10(14)13-5-4-9(7-12)8-13/h9H,1,4-6,8H2,2-3H3/t9-/m1/s1. The van der Waals surface area contributed by atoms with E-state index in [0.717, 1.165) is 13.0 Å². The van der Waals surface area contributed by atoms with Crippen molar-refractivity contribution in [2.45, 2.75) is 26.7 Å². The van der Waals surface area contributed by atoms with Gasteiger partial charge in [0.15, 0.2) is 0 Å². The molecule has 1 fully saturated rings. The normalized spacial score (nSPS) is 22.1. The van der Waals surface area contributed by atoms with Crippen LogP contribution in [0.25, 0.3) is 0 Å². The summed E-state index contributed by atoms with van der Waals surface area (Å²) >= 11 is 0. The van der Waals surface area contributed by atoms with Gasteiger partial charge in [0.25, 0.3) is 0 Å². The van der Waals surface area contributed by atoms with E-state index in [1.807, 2.05) is 13.8 Å². The fourth-order valence-corrected chi connectivity index (χ4v) is 1.61. The Labute approximate surface area is 85.7 Å². The van der Waals surface area contributed by atoms with Crippen molar-refractivity contribution >= 4 is 5.91 Å². The van der Waals surface area contributed by atoms with Gasteiger partial charge < -0.3 is 4.90 Å². The zero-order valence-corrected chi connectivity index (χ0v) is 8.92. The third-order valence-corrected chi connectivity index (χ3v) is 2.35. The maximum absolute atomic E-state index is 11.7. The van der Waals surface area contributed by atoms with Gasteiger partial charge in [-0.2, -0.15) is 5.26 Å². The van der Waals surface area contributed by atoms with E-state index in [0.29, 0.717) is 13.0 Å². The summed E-state index contributed by atoms with van der Waals surface area (Å²) in [4.78, 5) is 13.5. The maximum Gasteiger partial charge on any atom is 0.223 e. The fraction of sp³-hybridized carbons (Fsp3) is 0.727. The van der Waals surface area contributed by atoms with Crippen LogP contribution in [-0.2, 0) is 4.79 Å². The lowest BCUT2D eigenvalue weighted by Gasteiger charge is -2.22. The van der Waals surface area contributed by atoms with E-state index in [2.05, 4.69) is 13.0 Å². The second-order valence-corrected chi connectivity index (χ2v) is 4.80. The number of nitriles is 1. The Morgan fingerprint density at radius 2 is 2.36 bits per heavy atom. The lowest BCUT2D eigenvalue weighted by Crippen LogP contribution is -2.31. The summed E-state index contributed by atoms with van der Waals surface area (Å²) in [6, 6.07) is 2.20. The highest BCUT2D eigenvalue weighted by molar-refractivity contribution is 5.77. The number of carbonyl (C=O) groups is 1. The van der Waals surface area contributed by atoms with Crippen LogP contribution in [0.15, 0.2) is 0 Å². The number of hydrogen-bond acceptors (Lipinski definition) is 2. The molecule has 0 unspecified atom stereocenters. The highest BCUT2D eigenvalue weighted by Gasteiger charge is 2.28. The van der Waals surface area contributed by atoms with Crippen LogP contribution in [0.2, 0.25) is 0 Å². The second kappa shape index (κ2) is 4.00. The predicted octanol–water partition coefficient (Wildman–Crippen LogP) is 1.61. The Morgan fingerprint density at radius 1 is 1.71 bits per heavy atom. The van der Waals surface area contributed by atoms with Gasteiger partial charge in [-0.1, -0.05) is 13.8 Å². The second-order valence-electron chi connectivity index (χ2n) is 4.80. The third kappa shape index (κ3) is 3.02. The molecule has 0 bridgehead atoms. The van der Waals surface area contributed by atoms with Crippen molar-refractivity contribution in [1.29, 1.82) is 5.26 Å². The number of hydrogen-bond donors (Lipinski definition) is 0. The van der Waals surface area contributed by atoms with Crippen LogP contribution in [0.1, 0.15) is 26.7 Å². The first kappa shape index (κ1) is 11.0. The average Bonchev–Trinajstić information content (AvgIpc) is 2.48. The van der Waals surface area contributed by atoms with Crippen molar-refractivity contribution in [3.05, 3.63) is 6.92 Å². The summed E-state index contributed by atoms with van der Waals surface area (Å²) in [6.07, 6.45) is 1.28. The maximum atomic E-state index is 11.7. The molecule has 0 aromatic carbocycles. The minimum atomic E-state index is -0.207. The van der Waals surface area contributed by atoms with Crippen LogP contribution in [0.4, 0.5) is 0 Å². The first-order valence-electron chi connectivity index (χ1n) is 4.95. The Balaban J connectivity index is 2.45. The summed E-state index contributed by atoms with van der Waals surface area (Å²) in [6.45, 7) is 9.13. The molecule has 1 radical (unpaired) electrons.